The van der Waals surface area contributed by atoms with Crippen molar-refractivity contribution in [1.29, 1.82) is 0 Å². The maximum Gasteiger partial charge on any atom is 0.0950 e. The van der Waals surface area contributed by atoms with E-state index < -0.39 is 0 Å². The minimum Gasteiger partial charge on any atom is -0.336 e. The third-order valence-corrected chi connectivity index (χ3v) is 2.88. The maximum atomic E-state index is 5.52. The molecule has 2 heterocycles. The zero-order valence-corrected chi connectivity index (χ0v) is 11.6. The second kappa shape index (κ2) is 6.45. The first-order valence-electron chi connectivity index (χ1n) is 6.49. The van der Waals surface area contributed by atoms with Crippen LogP contribution >= 0.6 is 0 Å². The van der Waals surface area contributed by atoms with Crippen LogP contribution in [0.4, 0.5) is 0 Å². The van der Waals surface area contributed by atoms with Crippen LogP contribution in [0.5, 0.6) is 0 Å². The summed E-state index contributed by atoms with van der Waals surface area (Å²) in [6.07, 6.45) is 3.88. The van der Waals surface area contributed by atoms with Crippen molar-refractivity contribution >= 4 is 0 Å². The minimum absolute atomic E-state index is 0.638. The smallest absolute Gasteiger partial charge is 0.0950 e. The van der Waals surface area contributed by atoms with Crippen LogP contribution in [0.1, 0.15) is 17.1 Å². The van der Waals surface area contributed by atoms with Crippen molar-refractivity contribution in [3.63, 3.8) is 0 Å². The van der Waals surface area contributed by atoms with Crippen LogP contribution in [-0.4, -0.2) is 33.0 Å². The normalized spacial score (nSPS) is 11.2. The van der Waals surface area contributed by atoms with Crippen molar-refractivity contribution in [2.45, 2.75) is 26.6 Å². The van der Waals surface area contributed by atoms with E-state index in [1.807, 2.05) is 36.1 Å². The Balaban J connectivity index is 1.91. The van der Waals surface area contributed by atoms with Crippen molar-refractivity contribution in [3.8, 4) is 0 Å². The van der Waals surface area contributed by atoms with Gasteiger partial charge in [-0.1, -0.05) is 6.07 Å². The van der Waals surface area contributed by atoms with Crippen LogP contribution in [0.2, 0.25) is 0 Å². The molecule has 5 nitrogen and oxygen atoms in total. The summed E-state index contributed by atoms with van der Waals surface area (Å²) in [5.74, 6) is 0. The Bertz CT molecular complexity index is 520. The standard InChI is InChI=1S/C14H21N5/c1-12-4-3-5-13(17-12)8-18(2)9-14-10-19(7-6-15)11-16-14/h3-5,10-11H,6-9,15H2,1-2H3. The molecule has 0 aliphatic carbocycles. The molecular formula is C14H21N5. The predicted molar refractivity (Wildman–Crippen MR) is 75.4 cm³/mol. The Morgan fingerprint density at radius 3 is 2.79 bits per heavy atom. The molecular weight excluding hydrogens is 238 g/mol. The molecule has 0 aliphatic heterocycles. The highest BCUT2D eigenvalue weighted by Crippen LogP contribution is 2.06. The van der Waals surface area contributed by atoms with Gasteiger partial charge in [0.05, 0.1) is 17.7 Å². The van der Waals surface area contributed by atoms with Gasteiger partial charge in [-0.05, 0) is 26.1 Å². The Labute approximate surface area is 114 Å². The zero-order valence-electron chi connectivity index (χ0n) is 11.6. The van der Waals surface area contributed by atoms with Crippen LogP contribution in [0.25, 0.3) is 0 Å². The van der Waals surface area contributed by atoms with E-state index in [-0.39, 0.29) is 0 Å². The van der Waals surface area contributed by atoms with Gasteiger partial charge in [-0.3, -0.25) is 9.88 Å². The Kier molecular flexibility index (Phi) is 4.65. The van der Waals surface area contributed by atoms with Crippen molar-refractivity contribution in [2.75, 3.05) is 13.6 Å². The van der Waals surface area contributed by atoms with Crippen LogP contribution in [0.3, 0.4) is 0 Å². The fourth-order valence-electron chi connectivity index (χ4n) is 2.06. The lowest BCUT2D eigenvalue weighted by molar-refractivity contribution is 0.311. The van der Waals surface area contributed by atoms with E-state index in [4.69, 9.17) is 5.73 Å². The molecule has 2 rings (SSSR count). The fraction of sp³-hybridized carbons (Fsp3) is 0.429. The van der Waals surface area contributed by atoms with Gasteiger partial charge in [0.25, 0.3) is 0 Å². The first-order valence-corrected chi connectivity index (χ1v) is 6.49. The summed E-state index contributed by atoms with van der Waals surface area (Å²) >= 11 is 0. The molecule has 0 spiro atoms. The van der Waals surface area contributed by atoms with E-state index in [9.17, 15) is 0 Å². The quantitative estimate of drug-likeness (QED) is 0.846. The summed E-state index contributed by atoms with van der Waals surface area (Å²) < 4.78 is 2.02. The second-order valence-corrected chi connectivity index (χ2v) is 4.83. The molecule has 2 aromatic heterocycles. The summed E-state index contributed by atoms with van der Waals surface area (Å²) in [6, 6.07) is 6.11. The number of aryl methyl sites for hydroxylation is 1. The third-order valence-electron chi connectivity index (χ3n) is 2.88. The molecule has 0 bridgehead atoms. The lowest BCUT2D eigenvalue weighted by Gasteiger charge is -2.14. The van der Waals surface area contributed by atoms with Gasteiger partial charge in [0, 0.05) is 38.1 Å². The van der Waals surface area contributed by atoms with E-state index in [1.165, 1.54) is 0 Å². The molecule has 0 amide bonds. The summed E-state index contributed by atoms with van der Waals surface area (Å²) in [6.45, 7) is 5.10. The van der Waals surface area contributed by atoms with Crippen LogP contribution in [0, 0.1) is 6.92 Å². The second-order valence-electron chi connectivity index (χ2n) is 4.83. The predicted octanol–water partition coefficient (Wildman–Crippen LogP) is 1.18. The average molecular weight is 259 g/mol. The minimum atomic E-state index is 0.638. The largest absolute Gasteiger partial charge is 0.336 e. The molecule has 0 saturated carbocycles. The molecule has 2 N–H and O–H groups in total. The van der Waals surface area contributed by atoms with Crippen LogP contribution in [-0.2, 0) is 19.6 Å². The van der Waals surface area contributed by atoms with Gasteiger partial charge >= 0.3 is 0 Å². The van der Waals surface area contributed by atoms with E-state index >= 15 is 0 Å². The number of rotatable bonds is 6. The molecule has 0 radical (unpaired) electrons. The van der Waals surface area contributed by atoms with E-state index in [0.717, 1.165) is 36.7 Å². The Morgan fingerprint density at radius 2 is 2.05 bits per heavy atom. The number of nitrogens with two attached hydrogens (primary N) is 1. The number of aromatic nitrogens is 3. The first kappa shape index (κ1) is 13.7. The SMILES string of the molecule is Cc1cccc(CN(C)Cc2cn(CCN)cn2)n1. The number of nitrogens with zero attached hydrogens (tertiary/aromatic N) is 4. The highest BCUT2D eigenvalue weighted by molar-refractivity contribution is 5.10. The summed E-state index contributed by atoms with van der Waals surface area (Å²) in [4.78, 5) is 11.1. The number of imidazole rings is 1. The van der Waals surface area contributed by atoms with Gasteiger partial charge in [-0.25, -0.2) is 4.98 Å². The van der Waals surface area contributed by atoms with Crippen molar-refractivity contribution in [2.24, 2.45) is 5.73 Å². The monoisotopic (exact) mass is 259 g/mol. The van der Waals surface area contributed by atoms with Gasteiger partial charge < -0.3 is 10.3 Å². The molecule has 19 heavy (non-hydrogen) atoms. The number of hydrogen-bond donors (Lipinski definition) is 1. The lowest BCUT2D eigenvalue weighted by Crippen LogP contribution is -2.18. The molecule has 0 atom stereocenters. The van der Waals surface area contributed by atoms with E-state index in [2.05, 4.69) is 28.0 Å². The van der Waals surface area contributed by atoms with E-state index in [1.54, 1.807) is 0 Å². The number of hydrogen-bond acceptors (Lipinski definition) is 4. The molecule has 0 saturated heterocycles. The zero-order chi connectivity index (χ0) is 13.7. The van der Waals surface area contributed by atoms with E-state index in [0.29, 0.717) is 6.54 Å². The Morgan fingerprint density at radius 1 is 1.26 bits per heavy atom. The lowest BCUT2D eigenvalue weighted by atomic mass is 10.3. The van der Waals surface area contributed by atoms with Crippen molar-refractivity contribution in [1.82, 2.24) is 19.4 Å². The molecule has 0 aromatic carbocycles. The van der Waals surface area contributed by atoms with Gasteiger partial charge in [0.1, 0.15) is 0 Å². The first-order chi connectivity index (χ1) is 9.17. The molecule has 2 aromatic rings. The van der Waals surface area contributed by atoms with Gasteiger partial charge in [-0.15, -0.1) is 0 Å². The van der Waals surface area contributed by atoms with Crippen LogP contribution in [0.15, 0.2) is 30.7 Å². The maximum absolute atomic E-state index is 5.52. The van der Waals surface area contributed by atoms with Crippen LogP contribution < -0.4 is 5.73 Å². The van der Waals surface area contributed by atoms with Gasteiger partial charge in [0.15, 0.2) is 0 Å². The average Bonchev–Trinajstić information content (AvgIpc) is 2.77. The molecule has 102 valence electrons. The topological polar surface area (TPSA) is 60.0 Å². The van der Waals surface area contributed by atoms with Gasteiger partial charge in [0.2, 0.25) is 0 Å². The fourth-order valence-corrected chi connectivity index (χ4v) is 2.06. The highest BCUT2D eigenvalue weighted by atomic mass is 15.1. The molecule has 5 heteroatoms. The molecule has 0 aliphatic rings. The van der Waals surface area contributed by atoms with Crippen molar-refractivity contribution < 1.29 is 0 Å². The summed E-state index contributed by atoms with van der Waals surface area (Å²) in [7, 11) is 2.08. The van der Waals surface area contributed by atoms with Gasteiger partial charge in [-0.2, -0.15) is 0 Å². The summed E-state index contributed by atoms with van der Waals surface area (Å²) in [5, 5.41) is 0. The Hall–Kier alpha value is -1.72. The molecule has 0 fully saturated rings. The summed E-state index contributed by atoms with van der Waals surface area (Å²) in [5.41, 5.74) is 8.72. The highest BCUT2D eigenvalue weighted by Gasteiger charge is 2.05. The number of pyridine rings is 1. The third kappa shape index (κ3) is 4.15. The molecule has 0 unspecified atom stereocenters. The van der Waals surface area contributed by atoms with Crippen molar-refractivity contribution in [3.05, 3.63) is 47.8 Å².